The van der Waals surface area contributed by atoms with E-state index in [1.54, 1.807) is 6.07 Å². The minimum Gasteiger partial charge on any atom is -0.481 e. The summed E-state index contributed by atoms with van der Waals surface area (Å²) in [5.74, 6) is 0.350. The second-order valence-corrected chi connectivity index (χ2v) is 10.5. The van der Waals surface area contributed by atoms with Crippen molar-refractivity contribution in [2.24, 2.45) is 23.2 Å². The summed E-state index contributed by atoms with van der Waals surface area (Å²) >= 11 is 1.47. The topological polar surface area (TPSA) is 66.4 Å². The average molecular weight is 444 g/mol. The van der Waals surface area contributed by atoms with Gasteiger partial charge in [0.25, 0.3) is 5.91 Å². The Morgan fingerprint density at radius 1 is 1.29 bits per heavy atom. The van der Waals surface area contributed by atoms with E-state index in [0.717, 1.165) is 24.0 Å². The van der Waals surface area contributed by atoms with Crippen molar-refractivity contribution in [1.82, 2.24) is 5.32 Å². The predicted octanol–water partition coefficient (Wildman–Crippen LogP) is 6.02. The van der Waals surface area contributed by atoms with Crippen molar-refractivity contribution in [2.45, 2.75) is 58.4 Å². The first-order chi connectivity index (χ1) is 14.8. The third-order valence-corrected chi connectivity index (χ3v) is 8.51. The predicted molar refractivity (Wildman–Crippen MR) is 122 cm³/mol. The summed E-state index contributed by atoms with van der Waals surface area (Å²) in [6.07, 6.45) is 8.92. The molecule has 166 valence electrons. The Morgan fingerprint density at radius 2 is 2.10 bits per heavy atom. The number of benzene rings is 1. The third kappa shape index (κ3) is 4.40. The van der Waals surface area contributed by atoms with Gasteiger partial charge in [0.05, 0.1) is 5.56 Å². The molecule has 3 fully saturated rings. The standard InChI is InChI=1S/C25H30FNO3S/c1-25(2)15-11-20(25)17(7-5-3-4-6-8-23(28)29)21(12-15)27-24(30)19-14-31-22-10-9-16(26)13-18(19)22/h3,5,9-10,13-15,17,20-21H,4,6-8,11-12H2,1-2H3,(H,27,30)(H,28,29)/t15-,17+,20+,21-/m1/s1. The van der Waals surface area contributed by atoms with E-state index in [1.165, 1.54) is 29.9 Å². The maximum absolute atomic E-state index is 13.7. The summed E-state index contributed by atoms with van der Waals surface area (Å²) in [5, 5.41) is 14.6. The highest BCUT2D eigenvalue weighted by Gasteiger charge is 2.57. The number of halogens is 1. The molecule has 4 atom stereocenters. The van der Waals surface area contributed by atoms with E-state index in [4.69, 9.17) is 5.11 Å². The molecule has 1 aromatic heterocycles. The van der Waals surface area contributed by atoms with Gasteiger partial charge in [-0.25, -0.2) is 4.39 Å². The van der Waals surface area contributed by atoms with Crippen LogP contribution in [0.4, 0.5) is 4.39 Å². The van der Waals surface area contributed by atoms with E-state index in [1.807, 2.05) is 5.38 Å². The first kappa shape index (κ1) is 22.0. The maximum Gasteiger partial charge on any atom is 0.303 e. The van der Waals surface area contributed by atoms with Crippen LogP contribution in [-0.4, -0.2) is 23.0 Å². The number of carboxylic acid groups (broad SMARTS) is 1. The number of rotatable bonds is 8. The van der Waals surface area contributed by atoms with Crippen LogP contribution in [0, 0.1) is 29.0 Å². The summed E-state index contributed by atoms with van der Waals surface area (Å²) in [6.45, 7) is 4.67. The van der Waals surface area contributed by atoms with Crippen LogP contribution < -0.4 is 5.32 Å². The summed E-state index contributed by atoms with van der Waals surface area (Å²) in [5.41, 5.74) is 0.849. The van der Waals surface area contributed by atoms with Gasteiger partial charge < -0.3 is 10.4 Å². The van der Waals surface area contributed by atoms with E-state index in [0.29, 0.717) is 40.5 Å². The number of hydrogen-bond acceptors (Lipinski definition) is 3. The SMILES string of the molecule is CC1(C)[C@H]2C[C@@H](NC(=O)c3csc4ccc(F)cc34)[C@@H](CC=CCCCC(=O)O)[C@@H]1C2. The number of hydrogen-bond donors (Lipinski definition) is 2. The maximum atomic E-state index is 13.7. The molecule has 0 saturated heterocycles. The molecule has 3 aliphatic rings. The minimum absolute atomic E-state index is 0.108. The van der Waals surface area contributed by atoms with Crippen LogP contribution >= 0.6 is 11.3 Å². The number of carbonyl (C=O) groups is 2. The van der Waals surface area contributed by atoms with Gasteiger partial charge in [-0.15, -0.1) is 11.3 Å². The van der Waals surface area contributed by atoms with Gasteiger partial charge in [-0.2, -0.15) is 0 Å². The van der Waals surface area contributed by atoms with Crippen molar-refractivity contribution in [3.63, 3.8) is 0 Å². The molecule has 0 spiro atoms. The van der Waals surface area contributed by atoms with Gasteiger partial charge in [0, 0.05) is 27.9 Å². The van der Waals surface area contributed by atoms with Crippen LogP contribution in [0.1, 0.15) is 62.7 Å². The molecule has 3 aliphatic carbocycles. The highest BCUT2D eigenvalue weighted by Crippen LogP contribution is 2.62. The number of amides is 1. The summed E-state index contributed by atoms with van der Waals surface area (Å²) in [6, 6.07) is 4.70. The highest BCUT2D eigenvalue weighted by atomic mass is 32.1. The zero-order valence-corrected chi connectivity index (χ0v) is 18.9. The minimum atomic E-state index is -0.758. The lowest BCUT2D eigenvalue weighted by atomic mass is 9.44. The Labute approximate surface area is 186 Å². The van der Waals surface area contributed by atoms with Gasteiger partial charge >= 0.3 is 5.97 Å². The molecule has 1 heterocycles. The number of allylic oxidation sites excluding steroid dienone is 2. The summed E-state index contributed by atoms with van der Waals surface area (Å²) in [4.78, 5) is 23.8. The van der Waals surface area contributed by atoms with Crippen molar-refractivity contribution in [1.29, 1.82) is 0 Å². The van der Waals surface area contributed by atoms with Crippen molar-refractivity contribution in [3.05, 3.63) is 47.1 Å². The number of aliphatic carboxylic acids is 1. The highest BCUT2D eigenvalue weighted by molar-refractivity contribution is 7.17. The number of carbonyl (C=O) groups excluding carboxylic acids is 1. The fraction of sp³-hybridized carbons (Fsp3) is 0.520. The van der Waals surface area contributed by atoms with E-state index in [-0.39, 0.29) is 24.2 Å². The van der Waals surface area contributed by atoms with Crippen molar-refractivity contribution >= 4 is 33.3 Å². The fourth-order valence-corrected chi connectivity index (χ4v) is 6.53. The Balaban J connectivity index is 1.45. The van der Waals surface area contributed by atoms with Crippen LogP contribution in [0.2, 0.25) is 0 Å². The van der Waals surface area contributed by atoms with E-state index in [9.17, 15) is 14.0 Å². The Kier molecular flexibility index (Phi) is 6.20. The molecule has 1 amide bonds. The lowest BCUT2D eigenvalue weighted by Crippen LogP contribution is -2.61. The van der Waals surface area contributed by atoms with Crippen LogP contribution in [0.15, 0.2) is 35.7 Å². The second-order valence-electron chi connectivity index (χ2n) is 9.62. The normalized spacial score (nSPS) is 26.7. The first-order valence-corrected chi connectivity index (χ1v) is 12.0. The lowest BCUT2D eigenvalue weighted by molar-refractivity contribution is -0.137. The molecular formula is C25H30FNO3S. The first-order valence-electron chi connectivity index (χ1n) is 11.1. The molecule has 1 aromatic carbocycles. The molecule has 2 bridgehead atoms. The Hall–Kier alpha value is -2.21. The quantitative estimate of drug-likeness (QED) is 0.387. The third-order valence-electron chi connectivity index (χ3n) is 7.55. The summed E-state index contributed by atoms with van der Waals surface area (Å²) < 4.78 is 14.6. The largest absolute Gasteiger partial charge is 0.481 e. The molecule has 6 heteroatoms. The number of nitrogens with one attached hydrogen (secondary N) is 1. The molecule has 2 N–H and O–H groups in total. The van der Waals surface area contributed by atoms with Gasteiger partial charge in [-0.1, -0.05) is 26.0 Å². The van der Waals surface area contributed by atoms with Gasteiger partial charge in [0.15, 0.2) is 0 Å². The van der Waals surface area contributed by atoms with Gasteiger partial charge in [-0.05, 0) is 73.5 Å². The lowest BCUT2D eigenvalue weighted by Gasteiger charge is -2.62. The number of thiophene rings is 1. The summed E-state index contributed by atoms with van der Waals surface area (Å²) in [7, 11) is 0. The van der Waals surface area contributed by atoms with Crippen LogP contribution in [0.3, 0.4) is 0 Å². The molecule has 0 radical (unpaired) electrons. The van der Waals surface area contributed by atoms with Crippen molar-refractivity contribution in [3.8, 4) is 0 Å². The molecule has 5 rings (SSSR count). The molecule has 31 heavy (non-hydrogen) atoms. The zero-order valence-electron chi connectivity index (χ0n) is 18.1. The monoisotopic (exact) mass is 443 g/mol. The Bertz CT molecular complexity index is 1010. The van der Waals surface area contributed by atoms with Gasteiger partial charge in [0.1, 0.15) is 5.82 Å². The smallest absolute Gasteiger partial charge is 0.303 e. The Morgan fingerprint density at radius 3 is 2.84 bits per heavy atom. The molecule has 0 aliphatic heterocycles. The number of fused-ring (bicyclic) bond motifs is 3. The van der Waals surface area contributed by atoms with Crippen molar-refractivity contribution < 1.29 is 19.1 Å². The van der Waals surface area contributed by atoms with Gasteiger partial charge in [0.2, 0.25) is 0 Å². The van der Waals surface area contributed by atoms with E-state index in [2.05, 4.69) is 31.3 Å². The average Bonchev–Trinajstić information content (AvgIpc) is 3.13. The van der Waals surface area contributed by atoms with Crippen molar-refractivity contribution in [2.75, 3.05) is 0 Å². The molecular weight excluding hydrogens is 413 g/mol. The fourth-order valence-electron chi connectivity index (χ4n) is 5.60. The molecule has 2 aromatic rings. The van der Waals surface area contributed by atoms with Crippen LogP contribution in [-0.2, 0) is 4.79 Å². The van der Waals surface area contributed by atoms with E-state index < -0.39 is 5.97 Å². The van der Waals surface area contributed by atoms with Crippen LogP contribution in [0.5, 0.6) is 0 Å². The molecule has 3 saturated carbocycles. The molecule has 0 unspecified atom stereocenters. The zero-order chi connectivity index (χ0) is 22.2. The molecule has 4 nitrogen and oxygen atoms in total. The van der Waals surface area contributed by atoms with E-state index >= 15 is 0 Å². The number of unbranched alkanes of at least 4 members (excludes halogenated alkanes) is 1. The second kappa shape index (κ2) is 8.73. The van der Waals surface area contributed by atoms with Crippen LogP contribution in [0.25, 0.3) is 10.1 Å². The number of carboxylic acids is 1. The van der Waals surface area contributed by atoms with Gasteiger partial charge in [-0.3, -0.25) is 9.59 Å².